The Morgan fingerprint density at radius 2 is 0.893 bits per heavy atom. The van der Waals surface area contributed by atoms with Crippen molar-refractivity contribution in [1.29, 1.82) is 0 Å². The molecule has 1 fully saturated rings. The summed E-state index contributed by atoms with van der Waals surface area (Å²) in [6.07, 6.45) is 0. The first kappa shape index (κ1) is 28.5. The Labute approximate surface area is 193 Å². The molecule has 4 heteroatoms. The molecule has 0 bridgehead atoms. The number of phenolic OH excluding ortho intramolecular Hbond substituents is 1. The van der Waals surface area contributed by atoms with Gasteiger partial charge in [0.25, 0.3) is 0 Å². The van der Waals surface area contributed by atoms with Crippen LogP contribution in [0.4, 0.5) is 0 Å². The van der Waals surface area contributed by atoms with E-state index in [2.05, 4.69) is 76.2 Å². The van der Waals surface area contributed by atoms with Gasteiger partial charge in [0.2, 0.25) is 0 Å². The molecule has 2 rings (SSSR count). The molecule has 1 aliphatic rings. The average molecular weight is 509 g/mol. The molecule has 0 aliphatic heterocycles. The molecule has 0 atom stereocenters. The predicted octanol–water partition coefficient (Wildman–Crippen LogP) is 8.54. The summed E-state index contributed by atoms with van der Waals surface area (Å²) >= 11 is -0.826. The summed E-state index contributed by atoms with van der Waals surface area (Å²) in [5.41, 5.74) is 2.03. The van der Waals surface area contributed by atoms with Crippen LogP contribution in [0.2, 0.25) is 0 Å². The fourth-order valence-corrected chi connectivity index (χ4v) is 4.15. The number of hydrogen-bond acceptors (Lipinski definition) is 1. The fourth-order valence-electron chi connectivity index (χ4n) is 4.15. The van der Waals surface area contributed by atoms with Crippen LogP contribution in [0.15, 0.2) is 18.2 Å². The summed E-state index contributed by atoms with van der Waals surface area (Å²) in [5, 5.41) is 10.3. The van der Waals surface area contributed by atoms with Crippen LogP contribution < -0.4 is 0 Å². The van der Waals surface area contributed by atoms with Crippen LogP contribution in [0.5, 0.6) is 5.75 Å². The first-order valence-electron chi connectivity index (χ1n) is 10.4. The number of para-hydroxylation sites is 1. The van der Waals surface area contributed by atoms with Crippen molar-refractivity contribution < 1.29 is 26.0 Å². The molecule has 1 saturated carbocycles. The van der Waals surface area contributed by atoms with Gasteiger partial charge in [-0.3, -0.25) is 0 Å². The molecule has 1 N–H and O–H groups in total. The van der Waals surface area contributed by atoms with E-state index in [0.29, 0.717) is 5.75 Å². The Balaban J connectivity index is 0.000000483. The standard InChI is InChI=1S/C14H22O.C10H20.2ClH.Zr/c1-13(2,3)10-8-7-9-11(12(10)15)14(4,5)6;1-6-7(2)9(4)10(5)8(6)3;;;/h7-9,15H,1-6H3;6-10H,1-5H3;2*1H;/q;;;;+2/p-2. The second-order valence-electron chi connectivity index (χ2n) is 10.6. The average Bonchev–Trinajstić information content (AvgIpc) is 2.72. The Morgan fingerprint density at radius 3 is 1.07 bits per heavy atom. The van der Waals surface area contributed by atoms with Gasteiger partial charge in [-0.25, -0.2) is 0 Å². The van der Waals surface area contributed by atoms with Gasteiger partial charge >= 0.3 is 37.9 Å². The van der Waals surface area contributed by atoms with E-state index < -0.39 is 20.8 Å². The van der Waals surface area contributed by atoms with E-state index in [4.69, 9.17) is 17.0 Å². The molecule has 0 spiro atoms. The number of hydrogen-bond donors (Lipinski definition) is 1. The van der Waals surface area contributed by atoms with Gasteiger partial charge < -0.3 is 5.11 Å². The van der Waals surface area contributed by atoms with Gasteiger partial charge in [-0.05, 0) is 51.5 Å². The zero-order valence-electron chi connectivity index (χ0n) is 19.8. The van der Waals surface area contributed by atoms with Crippen molar-refractivity contribution in [3.63, 3.8) is 0 Å². The summed E-state index contributed by atoms with van der Waals surface area (Å²) in [4.78, 5) is 0. The summed E-state index contributed by atoms with van der Waals surface area (Å²) < 4.78 is 0. The molecule has 0 radical (unpaired) electrons. The van der Waals surface area contributed by atoms with Crippen LogP contribution in [-0.4, -0.2) is 5.11 Å². The third-order valence-electron chi connectivity index (χ3n) is 6.80. The second-order valence-corrected chi connectivity index (χ2v) is 14.3. The topological polar surface area (TPSA) is 20.2 Å². The monoisotopic (exact) mass is 506 g/mol. The number of aromatic hydroxyl groups is 1. The molecule has 1 aromatic carbocycles. The van der Waals surface area contributed by atoms with Crippen molar-refractivity contribution in [3.05, 3.63) is 29.3 Å². The maximum absolute atomic E-state index is 10.3. The van der Waals surface area contributed by atoms with Crippen molar-refractivity contribution in [3.8, 4) is 5.75 Å². The third kappa shape index (κ3) is 7.96. The molecule has 0 unspecified atom stereocenters. The summed E-state index contributed by atoms with van der Waals surface area (Å²) in [5.74, 6) is 5.13. The summed E-state index contributed by atoms with van der Waals surface area (Å²) in [6, 6.07) is 6.04. The van der Waals surface area contributed by atoms with E-state index in [-0.39, 0.29) is 10.8 Å². The molecule has 28 heavy (non-hydrogen) atoms. The van der Waals surface area contributed by atoms with Crippen molar-refractivity contribution in [1.82, 2.24) is 0 Å². The summed E-state index contributed by atoms with van der Waals surface area (Å²) in [7, 11) is 9.87. The van der Waals surface area contributed by atoms with Crippen LogP contribution >= 0.6 is 17.0 Å². The maximum atomic E-state index is 10.3. The van der Waals surface area contributed by atoms with E-state index in [9.17, 15) is 5.11 Å². The normalized spacial score (nSPS) is 27.2. The van der Waals surface area contributed by atoms with Crippen LogP contribution in [0.3, 0.4) is 0 Å². The van der Waals surface area contributed by atoms with Crippen molar-refractivity contribution in [2.45, 2.75) is 87.0 Å². The molecule has 0 heterocycles. The van der Waals surface area contributed by atoms with Crippen LogP contribution in [0, 0.1) is 29.6 Å². The van der Waals surface area contributed by atoms with Gasteiger partial charge in [0.1, 0.15) is 5.75 Å². The zero-order chi connectivity index (χ0) is 22.4. The van der Waals surface area contributed by atoms with E-state index in [1.807, 2.05) is 18.2 Å². The van der Waals surface area contributed by atoms with E-state index in [1.165, 1.54) is 0 Å². The van der Waals surface area contributed by atoms with Gasteiger partial charge in [0.15, 0.2) is 0 Å². The molecule has 1 aromatic rings. The van der Waals surface area contributed by atoms with Gasteiger partial charge in [-0.1, -0.05) is 94.4 Å². The molecule has 0 aromatic heterocycles. The SMILES string of the molecule is CC(C)(C)c1cccc(C(C)(C)C)c1O.CC1C(C)C(C)C(C)C1C.[Cl][Zr][Cl]. The number of rotatable bonds is 0. The third-order valence-corrected chi connectivity index (χ3v) is 6.80. The van der Waals surface area contributed by atoms with Gasteiger partial charge in [0.05, 0.1) is 0 Å². The van der Waals surface area contributed by atoms with Gasteiger partial charge in [-0.2, -0.15) is 0 Å². The molecule has 162 valence electrons. The molecular formula is C24H42Cl2OZr. The number of benzene rings is 1. The van der Waals surface area contributed by atoms with Crippen molar-refractivity contribution >= 4 is 17.0 Å². The molecular weight excluding hydrogens is 466 g/mol. The summed E-state index contributed by atoms with van der Waals surface area (Å²) in [6.45, 7) is 24.7. The fraction of sp³-hybridized carbons (Fsp3) is 0.750. The number of halogens is 2. The molecule has 1 aliphatic carbocycles. The van der Waals surface area contributed by atoms with Crippen molar-refractivity contribution in [2.75, 3.05) is 0 Å². The molecule has 0 saturated heterocycles. The van der Waals surface area contributed by atoms with Crippen LogP contribution in [-0.2, 0) is 31.7 Å². The zero-order valence-corrected chi connectivity index (χ0v) is 23.8. The first-order valence-corrected chi connectivity index (χ1v) is 16.7. The predicted molar refractivity (Wildman–Crippen MR) is 123 cm³/mol. The molecule has 0 amide bonds. The van der Waals surface area contributed by atoms with Crippen LogP contribution in [0.25, 0.3) is 0 Å². The number of phenols is 1. The minimum atomic E-state index is -0.826. The van der Waals surface area contributed by atoms with E-state index in [0.717, 1.165) is 40.7 Å². The van der Waals surface area contributed by atoms with Crippen LogP contribution in [0.1, 0.15) is 87.3 Å². The Hall–Kier alpha value is 0.483. The minimum absolute atomic E-state index is 0.00859. The van der Waals surface area contributed by atoms with Crippen molar-refractivity contribution in [2.24, 2.45) is 29.6 Å². The molecule has 1 nitrogen and oxygen atoms in total. The van der Waals surface area contributed by atoms with E-state index in [1.54, 1.807) is 0 Å². The van der Waals surface area contributed by atoms with Gasteiger partial charge in [-0.15, -0.1) is 0 Å². The first-order chi connectivity index (χ1) is 12.6. The second kappa shape index (κ2) is 11.8. The van der Waals surface area contributed by atoms with Gasteiger partial charge in [0, 0.05) is 0 Å². The Kier molecular flexibility index (Phi) is 12.0. The van der Waals surface area contributed by atoms with E-state index >= 15 is 0 Å². The Morgan fingerprint density at radius 1 is 0.679 bits per heavy atom. The Bertz CT molecular complexity index is 512. The quantitative estimate of drug-likeness (QED) is 0.372.